The number of nitrogens with zero attached hydrogens (tertiary/aromatic N) is 2. The molecular formula is C7H4BrN3O2S. The van der Waals surface area contributed by atoms with Crippen LogP contribution in [0.2, 0.25) is 0 Å². The third-order valence-electron chi connectivity index (χ3n) is 1.76. The second-order valence-electron chi connectivity index (χ2n) is 2.63. The molecular weight excluding hydrogens is 270 g/mol. The molecule has 0 radical (unpaired) electrons. The van der Waals surface area contributed by atoms with Crippen LogP contribution in [0.15, 0.2) is 16.6 Å². The van der Waals surface area contributed by atoms with Crippen LogP contribution in [0.25, 0.3) is 10.9 Å². The molecule has 7 heteroatoms. The molecule has 0 aliphatic rings. The van der Waals surface area contributed by atoms with E-state index in [1.54, 1.807) is 0 Å². The van der Waals surface area contributed by atoms with E-state index in [4.69, 9.17) is 5.73 Å². The van der Waals surface area contributed by atoms with E-state index in [1.807, 2.05) is 0 Å². The maximum atomic E-state index is 10.6. The van der Waals surface area contributed by atoms with Crippen molar-refractivity contribution in [2.75, 3.05) is 5.73 Å². The van der Waals surface area contributed by atoms with Crippen molar-refractivity contribution >= 4 is 49.1 Å². The summed E-state index contributed by atoms with van der Waals surface area (Å²) in [4.78, 5) is 10.1. The number of hydrogen-bond donors (Lipinski definition) is 1. The van der Waals surface area contributed by atoms with E-state index in [9.17, 15) is 10.1 Å². The van der Waals surface area contributed by atoms with Gasteiger partial charge in [0.05, 0.1) is 9.40 Å². The molecule has 1 heterocycles. The molecule has 0 aliphatic heterocycles. The van der Waals surface area contributed by atoms with Gasteiger partial charge in [0.15, 0.2) is 0 Å². The first-order valence-corrected chi connectivity index (χ1v) is 5.15. The van der Waals surface area contributed by atoms with Crippen molar-refractivity contribution in [2.45, 2.75) is 0 Å². The SMILES string of the molecule is Nc1snc2c(Br)cc([N+](=O)[O-])cc12. The lowest BCUT2D eigenvalue weighted by atomic mass is 10.2. The van der Waals surface area contributed by atoms with Gasteiger partial charge in [-0.2, -0.15) is 4.37 Å². The van der Waals surface area contributed by atoms with Gasteiger partial charge in [0, 0.05) is 17.5 Å². The van der Waals surface area contributed by atoms with Crippen molar-refractivity contribution in [1.82, 2.24) is 4.37 Å². The number of nitrogen functional groups attached to an aromatic ring is 1. The van der Waals surface area contributed by atoms with Gasteiger partial charge < -0.3 is 5.73 Å². The second-order valence-corrected chi connectivity index (χ2v) is 4.29. The predicted octanol–water partition coefficient (Wildman–Crippen LogP) is 2.55. The zero-order valence-electron chi connectivity index (χ0n) is 6.73. The first-order valence-electron chi connectivity index (χ1n) is 3.58. The third kappa shape index (κ3) is 1.34. The highest BCUT2D eigenvalue weighted by Gasteiger charge is 2.14. The highest BCUT2D eigenvalue weighted by atomic mass is 79.9. The Kier molecular flexibility index (Phi) is 2.12. The van der Waals surface area contributed by atoms with Gasteiger partial charge in [-0.15, -0.1) is 0 Å². The predicted molar refractivity (Wildman–Crippen MR) is 58.4 cm³/mol. The number of anilines is 1. The Balaban J connectivity index is 2.82. The summed E-state index contributed by atoms with van der Waals surface area (Å²) < 4.78 is 4.66. The van der Waals surface area contributed by atoms with Crippen LogP contribution in [0.1, 0.15) is 0 Å². The lowest BCUT2D eigenvalue weighted by Gasteiger charge is -1.94. The number of hydrogen-bond acceptors (Lipinski definition) is 5. The van der Waals surface area contributed by atoms with Crippen LogP contribution in [-0.2, 0) is 0 Å². The summed E-state index contributed by atoms with van der Waals surface area (Å²) in [6.07, 6.45) is 0. The molecule has 0 unspecified atom stereocenters. The summed E-state index contributed by atoms with van der Waals surface area (Å²) in [5, 5.41) is 11.7. The second kappa shape index (κ2) is 3.18. The molecule has 0 fully saturated rings. The maximum absolute atomic E-state index is 10.6. The van der Waals surface area contributed by atoms with E-state index in [0.29, 0.717) is 20.4 Å². The van der Waals surface area contributed by atoms with Gasteiger partial charge in [-0.25, -0.2) is 0 Å². The Morgan fingerprint density at radius 1 is 1.57 bits per heavy atom. The first-order chi connectivity index (χ1) is 6.59. The van der Waals surface area contributed by atoms with E-state index in [2.05, 4.69) is 20.3 Å². The molecule has 0 aliphatic carbocycles. The van der Waals surface area contributed by atoms with Gasteiger partial charge in [-0.3, -0.25) is 10.1 Å². The Bertz CT molecular complexity index is 525. The smallest absolute Gasteiger partial charge is 0.271 e. The summed E-state index contributed by atoms with van der Waals surface area (Å²) in [5.74, 6) is 0. The number of benzene rings is 1. The molecule has 1 aromatic heterocycles. The summed E-state index contributed by atoms with van der Waals surface area (Å²) in [7, 11) is 0. The number of rotatable bonds is 1. The van der Waals surface area contributed by atoms with Gasteiger partial charge in [0.1, 0.15) is 10.5 Å². The number of nitro benzene ring substituents is 1. The molecule has 2 rings (SSSR count). The Morgan fingerprint density at radius 3 is 2.93 bits per heavy atom. The van der Waals surface area contributed by atoms with Crippen LogP contribution >= 0.6 is 27.5 Å². The highest BCUT2D eigenvalue weighted by Crippen LogP contribution is 2.33. The van der Waals surface area contributed by atoms with E-state index in [-0.39, 0.29) is 5.69 Å². The van der Waals surface area contributed by atoms with Crippen molar-refractivity contribution in [2.24, 2.45) is 0 Å². The molecule has 0 spiro atoms. The zero-order valence-corrected chi connectivity index (χ0v) is 9.13. The summed E-state index contributed by atoms with van der Waals surface area (Å²) in [6.45, 7) is 0. The van der Waals surface area contributed by atoms with Gasteiger partial charge >= 0.3 is 0 Å². The van der Waals surface area contributed by atoms with E-state index < -0.39 is 4.92 Å². The average molecular weight is 274 g/mol. The van der Waals surface area contributed by atoms with E-state index >= 15 is 0 Å². The van der Waals surface area contributed by atoms with Gasteiger partial charge in [-0.1, -0.05) is 0 Å². The van der Waals surface area contributed by atoms with Crippen molar-refractivity contribution in [1.29, 1.82) is 0 Å². The number of fused-ring (bicyclic) bond motifs is 1. The van der Waals surface area contributed by atoms with Crippen LogP contribution in [0.5, 0.6) is 0 Å². The molecule has 14 heavy (non-hydrogen) atoms. The van der Waals surface area contributed by atoms with E-state index in [0.717, 1.165) is 11.5 Å². The fraction of sp³-hybridized carbons (Fsp3) is 0. The highest BCUT2D eigenvalue weighted by molar-refractivity contribution is 9.10. The quantitative estimate of drug-likeness (QED) is 0.640. The largest absolute Gasteiger partial charge is 0.389 e. The number of non-ortho nitro benzene ring substituents is 1. The minimum Gasteiger partial charge on any atom is -0.389 e. The standard InChI is InChI=1S/C7H4BrN3O2S/c8-5-2-3(11(12)13)1-4-6(5)10-14-7(4)9/h1-2H,9H2. The van der Waals surface area contributed by atoms with Crippen molar-refractivity contribution in [3.8, 4) is 0 Å². The third-order valence-corrected chi connectivity index (χ3v) is 3.05. The molecule has 2 N–H and O–H groups in total. The Labute approximate surface area is 91.0 Å². The Morgan fingerprint density at radius 2 is 2.29 bits per heavy atom. The first kappa shape index (κ1) is 9.35. The van der Waals surface area contributed by atoms with Crippen molar-refractivity contribution < 1.29 is 4.92 Å². The number of halogens is 1. The topological polar surface area (TPSA) is 82.0 Å². The molecule has 0 amide bonds. The van der Waals surface area contributed by atoms with Gasteiger partial charge in [0.25, 0.3) is 5.69 Å². The lowest BCUT2D eigenvalue weighted by molar-refractivity contribution is -0.384. The van der Waals surface area contributed by atoms with E-state index in [1.165, 1.54) is 12.1 Å². The fourth-order valence-corrected chi connectivity index (χ4v) is 2.41. The van der Waals surface area contributed by atoms with Gasteiger partial charge in [-0.05, 0) is 27.5 Å². The molecule has 72 valence electrons. The number of nitro groups is 1. The average Bonchev–Trinajstić information content (AvgIpc) is 2.48. The fourth-order valence-electron chi connectivity index (χ4n) is 1.11. The van der Waals surface area contributed by atoms with Crippen molar-refractivity contribution in [3.05, 3.63) is 26.7 Å². The summed E-state index contributed by atoms with van der Waals surface area (Å²) in [5.41, 5.74) is 6.30. The molecule has 0 saturated carbocycles. The molecule has 1 aromatic carbocycles. The molecule has 5 nitrogen and oxygen atoms in total. The van der Waals surface area contributed by atoms with Crippen LogP contribution in [0.4, 0.5) is 10.7 Å². The Hall–Kier alpha value is -1.21. The monoisotopic (exact) mass is 273 g/mol. The van der Waals surface area contributed by atoms with Crippen LogP contribution in [0.3, 0.4) is 0 Å². The number of aromatic nitrogens is 1. The van der Waals surface area contributed by atoms with Gasteiger partial charge in [0.2, 0.25) is 0 Å². The van der Waals surface area contributed by atoms with Crippen LogP contribution in [-0.4, -0.2) is 9.30 Å². The van der Waals surface area contributed by atoms with Crippen LogP contribution in [0, 0.1) is 10.1 Å². The molecule has 0 saturated heterocycles. The molecule has 0 bridgehead atoms. The summed E-state index contributed by atoms with van der Waals surface area (Å²) >= 11 is 4.34. The van der Waals surface area contributed by atoms with Crippen LogP contribution < -0.4 is 5.73 Å². The van der Waals surface area contributed by atoms with Crippen molar-refractivity contribution in [3.63, 3.8) is 0 Å². The maximum Gasteiger partial charge on any atom is 0.271 e. The normalized spacial score (nSPS) is 10.6. The molecule has 0 atom stereocenters. The minimum atomic E-state index is -0.457. The zero-order chi connectivity index (χ0) is 10.3. The minimum absolute atomic E-state index is 0.0104. The molecule has 2 aromatic rings. The number of nitrogens with two attached hydrogens (primary N) is 1. The lowest BCUT2D eigenvalue weighted by Crippen LogP contribution is -1.88. The summed E-state index contributed by atoms with van der Waals surface area (Å²) in [6, 6.07) is 2.85.